The van der Waals surface area contributed by atoms with Crippen molar-refractivity contribution in [1.29, 1.82) is 0 Å². The van der Waals surface area contributed by atoms with Crippen molar-refractivity contribution in [3.8, 4) is 11.4 Å². The number of carbonyl (C=O) groups excluding carboxylic acids is 1. The summed E-state index contributed by atoms with van der Waals surface area (Å²) in [7, 11) is 0. The molecule has 5 nitrogen and oxygen atoms in total. The van der Waals surface area contributed by atoms with E-state index in [1.165, 1.54) is 51.4 Å². The average Bonchev–Trinajstić information content (AvgIpc) is 3.22. The van der Waals surface area contributed by atoms with Crippen molar-refractivity contribution in [3.05, 3.63) is 30.3 Å². The molecule has 0 N–H and O–H groups in total. The maximum atomic E-state index is 13.3. The summed E-state index contributed by atoms with van der Waals surface area (Å²) in [5, 5.41) is 5.09. The van der Waals surface area contributed by atoms with Gasteiger partial charge in [0.1, 0.15) is 0 Å². The Balaban J connectivity index is 1.68. The summed E-state index contributed by atoms with van der Waals surface area (Å²) in [4.78, 5) is 20.3. The topological polar surface area (TPSA) is 51.0 Å². The number of nitrogens with zero attached hydrogens (tertiary/aromatic N) is 4. The summed E-state index contributed by atoms with van der Waals surface area (Å²) in [6.07, 6.45) is 12.4. The molecule has 0 radical (unpaired) electrons. The quantitative estimate of drug-likeness (QED) is 0.711. The molecule has 0 bridgehead atoms. The van der Waals surface area contributed by atoms with Crippen LogP contribution in [-0.4, -0.2) is 26.7 Å². The lowest BCUT2D eigenvalue weighted by Gasteiger charge is -2.55. The Hall–Kier alpha value is -2.17. The number of rotatable bonds is 3. The molecule has 3 aliphatic rings. The number of fused-ring (bicyclic) bond motifs is 4. The maximum Gasteiger partial charge on any atom is 0.231 e. The first-order valence-corrected chi connectivity index (χ1v) is 11.6. The standard InChI is InChI=1S/C24H32N4O/c1-2-11-21(29)27-20-15-8-7-14-19(20)24(16-9-4-10-17-24)28-23(27)25-22(26-28)18-12-5-3-6-13-18/h3,5-6,12-13,19-20H,2,4,7-11,14-17H2,1H3. The van der Waals surface area contributed by atoms with Crippen LogP contribution in [0.1, 0.15) is 77.6 Å². The van der Waals surface area contributed by atoms with Gasteiger partial charge in [0.05, 0.1) is 5.54 Å². The Kier molecular flexibility index (Phi) is 4.92. The fraction of sp³-hybridized carbons (Fsp3) is 0.625. The lowest BCUT2D eigenvalue weighted by molar-refractivity contribution is -0.121. The molecule has 2 aliphatic carbocycles. The lowest BCUT2D eigenvalue weighted by Crippen LogP contribution is -2.61. The van der Waals surface area contributed by atoms with E-state index in [4.69, 9.17) is 10.1 Å². The van der Waals surface area contributed by atoms with Crippen molar-refractivity contribution in [2.24, 2.45) is 5.92 Å². The van der Waals surface area contributed by atoms with Crippen molar-refractivity contribution < 1.29 is 4.79 Å². The highest BCUT2D eigenvalue weighted by Crippen LogP contribution is 2.53. The normalized spacial score (nSPS) is 25.5. The van der Waals surface area contributed by atoms with Gasteiger partial charge in [-0.2, -0.15) is 4.98 Å². The number of benzene rings is 1. The Labute approximate surface area is 173 Å². The van der Waals surface area contributed by atoms with Gasteiger partial charge in [0, 0.05) is 23.9 Å². The molecule has 2 heterocycles. The molecule has 5 rings (SSSR count). The van der Waals surface area contributed by atoms with Crippen LogP contribution in [-0.2, 0) is 10.3 Å². The maximum absolute atomic E-state index is 13.3. The van der Waals surface area contributed by atoms with E-state index in [1.807, 2.05) is 18.2 Å². The number of anilines is 1. The van der Waals surface area contributed by atoms with Gasteiger partial charge in [-0.1, -0.05) is 69.4 Å². The van der Waals surface area contributed by atoms with Gasteiger partial charge in [-0.3, -0.25) is 9.69 Å². The fourth-order valence-corrected chi connectivity index (χ4v) is 6.20. The van der Waals surface area contributed by atoms with E-state index < -0.39 is 0 Å². The van der Waals surface area contributed by atoms with Gasteiger partial charge in [0.25, 0.3) is 0 Å². The highest BCUT2D eigenvalue weighted by Gasteiger charge is 2.54. The zero-order valence-electron chi connectivity index (χ0n) is 17.5. The van der Waals surface area contributed by atoms with Gasteiger partial charge in [0.15, 0.2) is 5.82 Å². The van der Waals surface area contributed by atoms with Crippen molar-refractivity contribution in [2.45, 2.75) is 89.1 Å². The van der Waals surface area contributed by atoms with Gasteiger partial charge < -0.3 is 0 Å². The van der Waals surface area contributed by atoms with Gasteiger partial charge >= 0.3 is 0 Å². The molecule has 0 saturated heterocycles. The molecule has 5 heteroatoms. The molecule has 1 amide bonds. The second kappa shape index (κ2) is 7.58. The molecule has 2 aromatic rings. The first kappa shape index (κ1) is 18.8. The number of hydrogen-bond acceptors (Lipinski definition) is 3. The predicted molar refractivity (Wildman–Crippen MR) is 115 cm³/mol. The Morgan fingerprint density at radius 2 is 1.83 bits per heavy atom. The minimum Gasteiger partial charge on any atom is -0.277 e. The summed E-state index contributed by atoms with van der Waals surface area (Å²) >= 11 is 0. The molecule has 1 aliphatic heterocycles. The predicted octanol–water partition coefficient (Wildman–Crippen LogP) is 5.31. The summed E-state index contributed by atoms with van der Waals surface area (Å²) in [6, 6.07) is 10.5. The number of hydrogen-bond donors (Lipinski definition) is 0. The van der Waals surface area contributed by atoms with Crippen LogP contribution in [0.3, 0.4) is 0 Å². The molecular weight excluding hydrogens is 360 g/mol. The third kappa shape index (κ3) is 3.01. The van der Waals surface area contributed by atoms with Gasteiger partial charge in [-0.15, -0.1) is 5.10 Å². The second-order valence-corrected chi connectivity index (χ2v) is 9.15. The van der Waals surface area contributed by atoms with E-state index in [2.05, 4.69) is 28.6 Å². The molecule has 2 saturated carbocycles. The van der Waals surface area contributed by atoms with Crippen LogP contribution in [0.5, 0.6) is 0 Å². The smallest absolute Gasteiger partial charge is 0.231 e. The Bertz CT molecular complexity index is 868. The molecule has 2 fully saturated rings. The van der Waals surface area contributed by atoms with Crippen LogP contribution in [0.2, 0.25) is 0 Å². The minimum atomic E-state index is 0.0433. The first-order chi connectivity index (χ1) is 14.2. The van der Waals surface area contributed by atoms with Crippen molar-refractivity contribution in [1.82, 2.24) is 14.8 Å². The van der Waals surface area contributed by atoms with E-state index in [9.17, 15) is 4.79 Å². The SMILES string of the molecule is CCCC(=O)N1c2nc(-c3ccccc3)nn2C2(CCCCC2)C2CCCCC21. The van der Waals surface area contributed by atoms with Gasteiger partial charge in [-0.05, 0) is 32.1 Å². The van der Waals surface area contributed by atoms with E-state index >= 15 is 0 Å². The van der Waals surface area contributed by atoms with E-state index in [-0.39, 0.29) is 11.4 Å². The zero-order chi connectivity index (χ0) is 19.8. The first-order valence-electron chi connectivity index (χ1n) is 11.6. The van der Waals surface area contributed by atoms with Crippen LogP contribution >= 0.6 is 0 Å². The summed E-state index contributed by atoms with van der Waals surface area (Å²) in [5.74, 6) is 2.31. The van der Waals surface area contributed by atoms with E-state index in [0.717, 1.165) is 30.2 Å². The summed E-state index contributed by atoms with van der Waals surface area (Å²) < 4.78 is 2.22. The molecule has 2 atom stereocenters. The highest BCUT2D eigenvalue weighted by molar-refractivity contribution is 5.93. The van der Waals surface area contributed by atoms with Crippen LogP contribution in [0.15, 0.2) is 30.3 Å². The zero-order valence-corrected chi connectivity index (χ0v) is 17.5. The molecular formula is C24H32N4O. The van der Waals surface area contributed by atoms with Gasteiger partial charge in [0.2, 0.25) is 11.9 Å². The monoisotopic (exact) mass is 392 g/mol. The second-order valence-electron chi connectivity index (χ2n) is 9.15. The van der Waals surface area contributed by atoms with E-state index in [0.29, 0.717) is 18.4 Å². The number of amides is 1. The largest absolute Gasteiger partial charge is 0.277 e. The Morgan fingerprint density at radius 1 is 1.07 bits per heavy atom. The Morgan fingerprint density at radius 3 is 2.59 bits per heavy atom. The van der Waals surface area contributed by atoms with Crippen molar-refractivity contribution >= 4 is 11.9 Å². The van der Waals surface area contributed by atoms with Gasteiger partial charge in [-0.25, -0.2) is 4.68 Å². The number of carbonyl (C=O) groups is 1. The molecule has 1 aromatic carbocycles. The minimum absolute atomic E-state index is 0.0433. The van der Waals surface area contributed by atoms with Crippen LogP contribution in [0.25, 0.3) is 11.4 Å². The summed E-state index contributed by atoms with van der Waals surface area (Å²) in [6.45, 7) is 2.09. The van der Waals surface area contributed by atoms with Crippen LogP contribution in [0, 0.1) is 5.92 Å². The fourth-order valence-electron chi connectivity index (χ4n) is 6.20. The molecule has 1 spiro atoms. The van der Waals surface area contributed by atoms with E-state index in [1.54, 1.807) is 0 Å². The molecule has 1 aromatic heterocycles. The highest BCUT2D eigenvalue weighted by atomic mass is 16.2. The molecule has 154 valence electrons. The van der Waals surface area contributed by atoms with Crippen LogP contribution in [0.4, 0.5) is 5.95 Å². The van der Waals surface area contributed by atoms with Crippen molar-refractivity contribution in [3.63, 3.8) is 0 Å². The third-order valence-corrected chi connectivity index (χ3v) is 7.46. The molecule has 2 unspecified atom stereocenters. The summed E-state index contributed by atoms with van der Waals surface area (Å²) in [5.41, 5.74) is 1.08. The average molecular weight is 393 g/mol. The number of aromatic nitrogens is 3. The third-order valence-electron chi connectivity index (χ3n) is 7.46. The van der Waals surface area contributed by atoms with Crippen LogP contribution < -0.4 is 4.90 Å². The van der Waals surface area contributed by atoms with Crippen molar-refractivity contribution in [2.75, 3.05) is 4.90 Å². The molecule has 29 heavy (non-hydrogen) atoms. The lowest BCUT2D eigenvalue weighted by atomic mass is 9.64.